The summed E-state index contributed by atoms with van der Waals surface area (Å²) >= 11 is 0. The van der Waals surface area contributed by atoms with Crippen molar-refractivity contribution < 1.29 is 14.7 Å². The first-order valence-corrected chi connectivity index (χ1v) is 4.92. The van der Waals surface area contributed by atoms with E-state index in [2.05, 4.69) is 17.2 Å². The smallest absolute Gasteiger partial charge is 0.326 e. The molecule has 0 aromatic carbocycles. The van der Waals surface area contributed by atoms with Crippen LogP contribution < -0.4 is 10.6 Å². The summed E-state index contributed by atoms with van der Waals surface area (Å²) in [6.07, 6.45) is 1.75. The predicted octanol–water partition coefficient (Wildman–Crippen LogP) is 0.725. The molecule has 2 amide bonds. The molecule has 5 nitrogen and oxygen atoms in total. The molecule has 1 aliphatic rings. The van der Waals surface area contributed by atoms with E-state index in [1.165, 1.54) is 0 Å². The summed E-state index contributed by atoms with van der Waals surface area (Å²) in [7, 11) is 0. The van der Waals surface area contributed by atoms with Gasteiger partial charge in [-0.25, -0.2) is 9.59 Å². The van der Waals surface area contributed by atoms with E-state index < -0.39 is 18.0 Å². The van der Waals surface area contributed by atoms with E-state index in [0.717, 1.165) is 18.4 Å². The van der Waals surface area contributed by atoms with Crippen molar-refractivity contribution in [3.05, 3.63) is 12.2 Å². The van der Waals surface area contributed by atoms with Crippen LogP contribution in [-0.4, -0.2) is 29.7 Å². The third-order valence-corrected chi connectivity index (χ3v) is 2.20. The van der Waals surface area contributed by atoms with Gasteiger partial charge in [0.1, 0.15) is 6.04 Å². The molecule has 1 unspecified atom stereocenters. The number of carbonyl (C=O) groups excluding carboxylic acids is 1. The van der Waals surface area contributed by atoms with E-state index >= 15 is 0 Å². The van der Waals surface area contributed by atoms with Crippen LogP contribution in [0.3, 0.4) is 0 Å². The molecule has 0 aromatic heterocycles. The van der Waals surface area contributed by atoms with Crippen LogP contribution in [0.4, 0.5) is 4.79 Å². The van der Waals surface area contributed by atoms with E-state index in [0.29, 0.717) is 6.54 Å². The van der Waals surface area contributed by atoms with Crippen molar-refractivity contribution in [2.45, 2.75) is 25.8 Å². The number of rotatable bonds is 5. The van der Waals surface area contributed by atoms with Crippen LogP contribution in [0.5, 0.6) is 0 Å². The van der Waals surface area contributed by atoms with E-state index in [1.54, 1.807) is 6.92 Å². The lowest BCUT2D eigenvalue weighted by molar-refractivity contribution is -0.139. The highest BCUT2D eigenvalue weighted by atomic mass is 16.4. The van der Waals surface area contributed by atoms with Gasteiger partial charge in [-0.15, -0.1) is 0 Å². The van der Waals surface area contributed by atoms with Crippen LogP contribution in [0.15, 0.2) is 12.2 Å². The molecule has 1 atom stereocenters. The molecule has 0 aromatic rings. The topological polar surface area (TPSA) is 78.4 Å². The number of carboxylic acids is 1. The summed E-state index contributed by atoms with van der Waals surface area (Å²) in [5.41, 5.74) is 0.823. The Kier molecular flexibility index (Phi) is 3.71. The number of urea groups is 1. The molecule has 0 aliphatic heterocycles. The minimum atomic E-state index is -0.969. The maximum atomic E-state index is 11.3. The van der Waals surface area contributed by atoms with Gasteiger partial charge >= 0.3 is 12.0 Å². The van der Waals surface area contributed by atoms with Gasteiger partial charge in [0.15, 0.2) is 0 Å². The molecule has 84 valence electrons. The highest BCUT2D eigenvalue weighted by Gasteiger charge is 2.37. The van der Waals surface area contributed by atoms with E-state index in [9.17, 15) is 9.59 Å². The molecule has 0 spiro atoms. The van der Waals surface area contributed by atoms with E-state index in [-0.39, 0.29) is 5.92 Å². The Labute approximate surface area is 88.5 Å². The van der Waals surface area contributed by atoms with E-state index in [4.69, 9.17) is 5.11 Å². The summed E-state index contributed by atoms with van der Waals surface area (Å²) in [6, 6.07) is -1.20. The summed E-state index contributed by atoms with van der Waals surface area (Å²) in [6.45, 7) is 5.78. The lowest BCUT2D eigenvalue weighted by Gasteiger charge is -2.14. The number of hydrogen-bond donors (Lipinski definition) is 3. The highest BCUT2D eigenvalue weighted by Crippen LogP contribution is 2.32. The Hall–Kier alpha value is -1.52. The molecule has 1 rings (SSSR count). The Balaban J connectivity index is 2.34. The van der Waals surface area contributed by atoms with Crippen molar-refractivity contribution >= 4 is 12.0 Å². The van der Waals surface area contributed by atoms with Gasteiger partial charge in [-0.05, 0) is 25.7 Å². The van der Waals surface area contributed by atoms with Crippen molar-refractivity contribution in [2.75, 3.05) is 6.54 Å². The predicted molar refractivity (Wildman–Crippen MR) is 55.5 cm³/mol. The minimum absolute atomic E-state index is 0.0954. The lowest BCUT2D eigenvalue weighted by atomic mass is 10.2. The van der Waals surface area contributed by atoms with Gasteiger partial charge in [0.2, 0.25) is 0 Å². The van der Waals surface area contributed by atoms with Crippen LogP contribution in [0.1, 0.15) is 19.8 Å². The Morgan fingerprint density at radius 2 is 2.13 bits per heavy atom. The first-order chi connectivity index (χ1) is 7.00. The average Bonchev–Trinajstić information content (AvgIpc) is 2.93. The van der Waals surface area contributed by atoms with Crippen LogP contribution in [0.25, 0.3) is 0 Å². The van der Waals surface area contributed by atoms with Crippen LogP contribution in [0, 0.1) is 5.92 Å². The first kappa shape index (κ1) is 11.6. The number of carbonyl (C=O) groups is 2. The standard InChI is InChI=1S/C10H16N2O3/c1-6(2)5-11-10(15)12-8(9(13)14)7-3-4-7/h7-8H,1,3-5H2,2H3,(H,13,14)(H2,11,12,15). The third kappa shape index (κ3) is 4.01. The van der Waals surface area contributed by atoms with Crippen molar-refractivity contribution in [1.29, 1.82) is 0 Å². The lowest BCUT2D eigenvalue weighted by Crippen LogP contribution is -2.47. The van der Waals surface area contributed by atoms with Gasteiger partial charge in [-0.1, -0.05) is 12.2 Å². The molecule has 5 heteroatoms. The fourth-order valence-electron chi connectivity index (χ4n) is 1.23. The summed E-state index contributed by atoms with van der Waals surface area (Å²) < 4.78 is 0. The molecule has 1 fully saturated rings. The van der Waals surface area contributed by atoms with Crippen molar-refractivity contribution in [1.82, 2.24) is 10.6 Å². The fraction of sp³-hybridized carbons (Fsp3) is 0.600. The SMILES string of the molecule is C=C(C)CNC(=O)NC(C(=O)O)C1CC1. The number of amides is 2. The quantitative estimate of drug-likeness (QED) is 0.588. The van der Waals surface area contributed by atoms with Gasteiger partial charge in [0.05, 0.1) is 0 Å². The Bertz CT molecular complexity index is 284. The molecule has 0 heterocycles. The molecule has 1 saturated carbocycles. The van der Waals surface area contributed by atoms with Gasteiger partial charge in [0, 0.05) is 6.54 Å². The number of aliphatic carboxylic acids is 1. The molecule has 0 saturated heterocycles. The molecular formula is C10H16N2O3. The van der Waals surface area contributed by atoms with Gasteiger partial charge in [-0.3, -0.25) is 0 Å². The van der Waals surface area contributed by atoms with Gasteiger partial charge in [0.25, 0.3) is 0 Å². The van der Waals surface area contributed by atoms with Crippen molar-refractivity contribution in [2.24, 2.45) is 5.92 Å². The van der Waals surface area contributed by atoms with Crippen LogP contribution in [0.2, 0.25) is 0 Å². The van der Waals surface area contributed by atoms with Gasteiger partial charge < -0.3 is 15.7 Å². The summed E-state index contributed by atoms with van der Waals surface area (Å²) in [5, 5.41) is 13.8. The maximum absolute atomic E-state index is 11.3. The molecule has 1 aliphatic carbocycles. The minimum Gasteiger partial charge on any atom is -0.480 e. The molecule has 0 radical (unpaired) electrons. The Morgan fingerprint density at radius 3 is 2.53 bits per heavy atom. The molecule has 0 bridgehead atoms. The largest absolute Gasteiger partial charge is 0.480 e. The number of nitrogens with one attached hydrogen (secondary N) is 2. The average molecular weight is 212 g/mol. The van der Waals surface area contributed by atoms with E-state index in [1.807, 2.05) is 0 Å². The fourth-order valence-corrected chi connectivity index (χ4v) is 1.23. The number of carboxylic acid groups (broad SMARTS) is 1. The summed E-state index contributed by atoms with van der Waals surface area (Å²) in [5.74, 6) is -0.874. The highest BCUT2D eigenvalue weighted by molar-refractivity contribution is 5.83. The van der Waals surface area contributed by atoms with Crippen molar-refractivity contribution in [3.63, 3.8) is 0 Å². The number of hydrogen-bond acceptors (Lipinski definition) is 2. The second-order valence-corrected chi connectivity index (χ2v) is 3.94. The monoisotopic (exact) mass is 212 g/mol. The molecule has 3 N–H and O–H groups in total. The first-order valence-electron chi connectivity index (χ1n) is 4.92. The van der Waals surface area contributed by atoms with Crippen molar-refractivity contribution in [3.8, 4) is 0 Å². The summed E-state index contributed by atoms with van der Waals surface area (Å²) in [4.78, 5) is 22.1. The second-order valence-electron chi connectivity index (χ2n) is 3.94. The Morgan fingerprint density at radius 1 is 1.53 bits per heavy atom. The maximum Gasteiger partial charge on any atom is 0.326 e. The zero-order valence-corrected chi connectivity index (χ0v) is 8.75. The molecular weight excluding hydrogens is 196 g/mol. The van der Waals surface area contributed by atoms with Crippen LogP contribution in [-0.2, 0) is 4.79 Å². The zero-order chi connectivity index (χ0) is 11.4. The zero-order valence-electron chi connectivity index (χ0n) is 8.75. The second kappa shape index (κ2) is 4.82. The van der Waals surface area contributed by atoms with Crippen LogP contribution >= 0.6 is 0 Å². The van der Waals surface area contributed by atoms with Gasteiger partial charge in [-0.2, -0.15) is 0 Å². The third-order valence-electron chi connectivity index (χ3n) is 2.20. The molecule has 15 heavy (non-hydrogen) atoms. The normalized spacial score (nSPS) is 16.6.